The molecule has 0 spiro atoms. The van der Waals surface area contributed by atoms with Gasteiger partial charge in [0, 0.05) is 6.04 Å². The van der Waals surface area contributed by atoms with Crippen LogP contribution in [-0.4, -0.2) is 17.8 Å². The van der Waals surface area contributed by atoms with Crippen molar-refractivity contribution in [3.63, 3.8) is 0 Å². The number of phenols is 1. The molecule has 1 saturated carbocycles. The molecule has 0 saturated heterocycles. The van der Waals surface area contributed by atoms with Crippen LogP contribution >= 0.6 is 0 Å². The molecule has 1 aliphatic rings. The van der Waals surface area contributed by atoms with Crippen molar-refractivity contribution in [2.45, 2.75) is 18.9 Å². The van der Waals surface area contributed by atoms with Gasteiger partial charge in [0.1, 0.15) is 18.1 Å². The van der Waals surface area contributed by atoms with Gasteiger partial charge in [0.05, 0.1) is 0 Å². The van der Waals surface area contributed by atoms with E-state index in [0.29, 0.717) is 12.5 Å². The maximum atomic E-state index is 9.05. The lowest BCUT2D eigenvalue weighted by molar-refractivity contribution is 0.276. The quantitative estimate of drug-likeness (QED) is 0.762. The van der Waals surface area contributed by atoms with Gasteiger partial charge in [-0.05, 0) is 43.0 Å². The Morgan fingerprint density at radius 2 is 2.00 bits per heavy atom. The summed E-state index contributed by atoms with van der Waals surface area (Å²) in [4.78, 5) is 0. The van der Waals surface area contributed by atoms with E-state index in [0.717, 1.165) is 5.75 Å². The first-order valence-corrected chi connectivity index (χ1v) is 4.93. The van der Waals surface area contributed by atoms with Crippen LogP contribution in [0.4, 0.5) is 0 Å². The van der Waals surface area contributed by atoms with Gasteiger partial charge in [0.15, 0.2) is 0 Å². The van der Waals surface area contributed by atoms with Gasteiger partial charge in [-0.2, -0.15) is 0 Å². The number of nitrogens with two attached hydrogens (primary N) is 1. The second-order valence-corrected chi connectivity index (χ2v) is 3.81. The van der Waals surface area contributed by atoms with E-state index in [1.807, 2.05) is 0 Å². The summed E-state index contributed by atoms with van der Waals surface area (Å²) in [5, 5.41) is 9.05. The van der Waals surface area contributed by atoms with E-state index >= 15 is 0 Å². The van der Waals surface area contributed by atoms with E-state index in [4.69, 9.17) is 15.6 Å². The predicted octanol–water partition coefficient (Wildman–Crippen LogP) is 1.51. The Hall–Kier alpha value is -1.22. The first-order chi connectivity index (χ1) is 6.75. The van der Waals surface area contributed by atoms with Crippen molar-refractivity contribution in [3.8, 4) is 11.5 Å². The fourth-order valence-corrected chi connectivity index (χ4v) is 1.40. The summed E-state index contributed by atoms with van der Waals surface area (Å²) in [5.41, 5.74) is 5.88. The zero-order valence-corrected chi connectivity index (χ0v) is 8.02. The molecule has 1 aromatic carbocycles. The average molecular weight is 193 g/mol. The molecule has 0 aliphatic heterocycles. The van der Waals surface area contributed by atoms with E-state index in [1.54, 1.807) is 24.3 Å². The maximum absolute atomic E-state index is 9.05. The third kappa shape index (κ3) is 2.39. The molecule has 1 aliphatic carbocycles. The summed E-state index contributed by atoms with van der Waals surface area (Å²) >= 11 is 0. The Bertz CT molecular complexity index is 293. The first kappa shape index (κ1) is 9.34. The Morgan fingerprint density at radius 3 is 2.57 bits per heavy atom. The van der Waals surface area contributed by atoms with Crippen LogP contribution in [-0.2, 0) is 0 Å². The van der Waals surface area contributed by atoms with Crippen LogP contribution in [0.15, 0.2) is 24.3 Å². The van der Waals surface area contributed by atoms with E-state index in [-0.39, 0.29) is 11.8 Å². The SMILES string of the molecule is NC(COc1ccc(O)cc1)C1CC1. The maximum Gasteiger partial charge on any atom is 0.119 e. The zero-order valence-electron chi connectivity index (χ0n) is 8.02. The first-order valence-electron chi connectivity index (χ1n) is 4.93. The van der Waals surface area contributed by atoms with Crippen molar-refractivity contribution in [2.75, 3.05) is 6.61 Å². The highest BCUT2D eigenvalue weighted by atomic mass is 16.5. The summed E-state index contributed by atoms with van der Waals surface area (Å²) < 4.78 is 5.49. The van der Waals surface area contributed by atoms with Gasteiger partial charge in [-0.3, -0.25) is 0 Å². The molecule has 3 N–H and O–H groups in total. The van der Waals surface area contributed by atoms with Crippen molar-refractivity contribution < 1.29 is 9.84 Å². The lowest BCUT2D eigenvalue weighted by Crippen LogP contribution is -2.29. The standard InChI is InChI=1S/C11H15NO2/c12-11(8-1-2-8)7-14-10-5-3-9(13)4-6-10/h3-6,8,11,13H,1-2,7,12H2. The fourth-order valence-electron chi connectivity index (χ4n) is 1.40. The summed E-state index contributed by atoms with van der Waals surface area (Å²) in [6.07, 6.45) is 2.47. The smallest absolute Gasteiger partial charge is 0.119 e. The zero-order chi connectivity index (χ0) is 9.97. The minimum Gasteiger partial charge on any atom is -0.508 e. The number of ether oxygens (including phenoxy) is 1. The molecule has 0 aromatic heterocycles. The van der Waals surface area contributed by atoms with E-state index in [9.17, 15) is 0 Å². The molecule has 14 heavy (non-hydrogen) atoms. The number of phenolic OH excluding ortho intramolecular Hbond substituents is 1. The predicted molar refractivity (Wildman–Crippen MR) is 54.3 cm³/mol. The summed E-state index contributed by atoms with van der Waals surface area (Å²) in [6, 6.07) is 6.86. The molecule has 0 bridgehead atoms. The highest BCUT2D eigenvalue weighted by Crippen LogP contribution is 2.31. The van der Waals surface area contributed by atoms with Crippen molar-refractivity contribution in [3.05, 3.63) is 24.3 Å². The minimum atomic E-state index is 0.156. The number of rotatable bonds is 4. The second kappa shape index (κ2) is 3.88. The van der Waals surface area contributed by atoms with E-state index in [2.05, 4.69) is 0 Å². The molecule has 0 heterocycles. The van der Waals surface area contributed by atoms with Crippen LogP contribution in [0.1, 0.15) is 12.8 Å². The topological polar surface area (TPSA) is 55.5 Å². The van der Waals surface area contributed by atoms with Crippen molar-refractivity contribution in [2.24, 2.45) is 11.7 Å². The second-order valence-electron chi connectivity index (χ2n) is 3.81. The van der Waals surface area contributed by atoms with Gasteiger partial charge in [-0.25, -0.2) is 0 Å². The van der Waals surface area contributed by atoms with Crippen LogP contribution in [0.2, 0.25) is 0 Å². The molecule has 0 radical (unpaired) electrons. The Balaban J connectivity index is 1.82. The molecular formula is C11H15NO2. The van der Waals surface area contributed by atoms with E-state index < -0.39 is 0 Å². The Kier molecular flexibility index (Phi) is 2.59. The monoisotopic (exact) mass is 193 g/mol. The molecule has 1 atom stereocenters. The summed E-state index contributed by atoms with van der Waals surface area (Å²) in [7, 11) is 0. The molecule has 1 unspecified atom stereocenters. The van der Waals surface area contributed by atoms with Crippen molar-refractivity contribution in [1.82, 2.24) is 0 Å². The Labute approximate surface area is 83.5 Å². The van der Waals surface area contributed by atoms with Gasteiger partial charge in [0.2, 0.25) is 0 Å². The average Bonchev–Trinajstić information content (AvgIpc) is 3.00. The highest BCUT2D eigenvalue weighted by Gasteiger charge is 2.28. The molecule has 3 nitrogen and oxygen atoms in total. The van der Waals surface area contributed by atoms with Crippen LogP contribution in [0.5, 0.6) is 11.5 Å². The Morgan fingerprint density at radius 1 is 1.36 bits per heavy atom. The number of hydrogen-bond acceptors (Lipinski definition) is 3. The van der Waals surface area contributed by atoms with Crippen LogP contribution in [0.25, 0.3) is 0 Å². The third-order valence-electron chi connectivity index (χ3n) is 2.51. The summed E-state index contributed by atoms with van der Waals surface area (Å²) in [6.45, 7) is 0.565. The van der Waals surface area contributed by atoms with Crippen molar-refractivity contribution >= 4 is 0 Å². The van der Waals surface area contributed by atoms with Crippen molar-refractivity contribution in [1.29, 1.82) is 0 Å². The molecule has 76 valence electrons. The lowest BCUT2D eigenvalue weighted by Gasteiger charge is -2.11. The molecule has 0 amide bonds. The van der Waals surface area contributed by atoms with Gasteiger partial charge in [-0.15, -0.1) is 0 Å². The molecular weight excluding hydrogens is 178 g/mol. The number of hydrogen-bond donors (Lipinski definition) is 2. The van der Waals surface area contributed by atoms with Crippen LogP contribution in [0.3, 0.4) is 0 Å². The van der Waals surface area contributed by atoms with Gasteiger partial charge in [0.25, 0.3) is 0 Å². The molecule has 2 rings (SSSR count). The number of aromatic hydroxyl groups is 1. The normalized spacial score (nSPS) is 17.8. The largest absolute Gasteiger partial charge is 0.508 e. The highest BCUT2D eigenvalue weighted by molar-refractivity contribution is 5.30. The van der Waals surface area contributed by atoms with Gasteiger partial charge < -0.3 is 15.6 Å². The third-order valence-corrected chi connectivity index (χ3v) is 2.51. The fraction of sp³-hybridized carbons (Fsp3) is 0.455. The van der Waals surface area contributed by atoms with Crippen LogP contribution in [0, 0.1) is 5.92 Å². The molecule has 3 heteroatoms. The number of benzene rings is 1. The van der Waals surface area contributed by atoms with Gasteiger partial charge in [-0.1, -0.05) is 0 Å². The summed E-state index contributed by atoms with van der Waals surface area (Å²) in [5.74, 6) is 1.68. The lowest BCUT2D eigenvalue weighted by atomic mass is 10.2. The molecule has 1 aromatic rings. The van der Waals surface area contributed by atoms with Crippen LogP contribution < -0.4 is 10.5 Å². The minimum absolute atomic E-state index is 0.156. The van der Waals surface area contributed by atoms with E-state index in [1.165, 1.54) is 12.8 Å². The molecule has 1 fully saturated rings. The van der Waals surface area contributed by atoms with Gasteiger partial charge >= 0.3 is 0 Å².